The minimum Gasteiger partial charge on any atom is -0.346 e. The Labute approximate surface area is 165 Å². The molecule has 0 spiro atoms. The van der Waals surface area contributed by atoms with Crippen molar-refractivity contribution in [3.8, 4) is 0 Å². The molecule has 1 aliphatic rings. The predicted molar refractivity (Wildman–Crippen MR) is 112 cm³/mol. The Kier molecular flexibility index (Phi) is 6.16. The van der Waals surface area contributed by atoms with Crippen LogP contribution in [0, 0.1) is 13.8 Å². The van der Waals surface area contributed by atoms with E-state index in [0.717, 1.165) is 60.7 Å². The maximum Gasteiger partial charge on any atom is 0.173 e. The van der Waals surface area contributed by atoms with Crippen molar-refractivity contribution in [1.82, 2.24) is 19.6 Å². The van der Waals surface area contributed by atoms with E-state index in [1.807, 2.05) is 31.3 Å². The van der Waals surface area contributed by atoms with Crippen molar-refractivity contribution >= 4 is 34.6 Å². The maximum absolute atomic E-state index is 6.19. The number of aromatic nitrogens is 2. The molecule has 1 saturated heterocycles. The number of thiocarbonyl (C=S) groups is 1. The van der Waals surface area contributed by atoms with Crippen LogP contribution < -0.4 is 5.32 Å². The van der Waals surface area contributed by atoms with Crippen LogP contribution in [0.5, 0.6) is 0 Å². The molecule has 3 rings (SSSR count). The zero-order valence-corrected chi connectivity index (χ0v) is 17.2. The van der Waals surface area contributed by atoms with E-state index in [4.69, 9.17) is 23.8 Å². The van der Waals surface area contributed by atoms with E-state index in [-0.39, 0.29) is 0 Å². The van der Waals surface area contributed by atoms with Crippen molar-refractivity contribution in [1.29, 1.82) is 0 Å². The van der Waals surface area contributed by atoms with Gasteiger partial charge >= 0.3 is 0 Å². The number of nitrogens with one attached hydrogen (secondary N) is 1. The zero-order valence-electron chi connectivity index (χ0n) is 15.6. The fourth-order valence-electron chi connectivity index (χ4n) is 3.18. The van der Waals surface area contributed by atoms with Crippen molar-refractivity contribution < 1.29 is 0 Å². The summed E-state index contributed by atoms with van der Waals surface area (Å²) in [5.41, 5.74) is 4.59. The van der Waals surface area contributed by atoms with Crippen LogP contribution in [0.15, 0.2) is 24.4 Å². The highest BCUT2D eigenvalue weighted by Gasteiger charge is 2.20. The van der Waals surface area contributed by atoms with Gasteiger partial charge in [0.2, 0.25) is 0 Å². The van der Waals surface area contributed by atoms with Gasteiger partial charge in [-0.2, -0.15) is 5.10 Å². The molecular formula is C19H26ClN5S. The van der Waals surface area contributed by atoms with Gasteiger partial charge < -0.3 is 10.2 Å². The van der Waals surface area contributed by atoms with Crippen molar-refractivity contribution in [3.63, 3.8) is 0 Å². The number of aryl methyl sites for hydroxylation is 2. The largest absolute Gasteiger partial charge is 0.346 e. The summed E-state index contributed by atoms with van der Waals surface area (Å²) >= 11 is 11.8. The molecule has 2 aromatic rings. The first-order valence-electron chi connectivity index (χ1n) is 9.03. The van der Waals surface area contributed by atoms with Gasteiger partial charge in [0.25, 0.3) is 0 Å². The Hall–Kier alpha value is -1.63. The molecule has 1 aliphatic heterocycles. The molecule has 1 N–H and O–H groups in total. The topological polar surface area (TPSA) is 36.3 Å². The van der Waals surface area contributed by atoms with E-state index in [1.165, 1.54) is 11.3 Å². The molecular weight excluding hydrogens is 366 g/mol. The lowest BCUT2D eigenvalue weighted by molar-refractivity contribution is 0.176. The van der Waals surface area contributed by atoms with Crippen LogP contribution in [0.2, 0.25) is 5.02 Å². The molecule has 0 radical (unpaired) electrons. The van der Waals surface area contributed by atoms with Gasteiger partial charge in [0, 0.05) is 61.2 Å². The number of anilines is 1. The highest BCUT2D eigenvalue weighted by atomic mass is 35.5. The first kappa shape index (κ1) is 19.1. The Balaban J connectivity index is 1.51. The summed E-state index contributed by atoms with van der Waals surface area (Å²) in [5.74, 6) is 0. The Morgan fingerprint density at radius 3 is 2.58 bits per heavy atom. The van der Waals surface area contributed by atoms with E-state index in [2.05, 4.69) is 38.7 Å². The second-order valence-electron chi connectivity index (χ2n) is 6.73. The van der Waals surface area contributed by atoms with E-state index >= 15 is 0 Å². The molecule has 1 aromatic carbocycles. The van der Waals surface area contributed by atoms with Gasteiger partial charge in [-0.15, -0.1) is 0 Å². The number of nitrogens with zero attached hydrogens (tertiary/aromatic N) is 4. The van der Waals surface area contributed by atoms with Gasteiger partial charge in [-0.3, -0.25) is 9.58 Å². The van der Waals surface area contributed by atoms with Crippen molar-refractivity contribution in [3.05, 3.63) is 46.2 Å². The molecule has 0 aliphatic carbocycles. The van der Waals surface area contributed by atoms with Crippen LogP contribution in [0.4, 0.5) is 5.69 Å². The molecule has 7 heteroatoms. The minimum atomic E-state index is 0.755. The van der Waals surface area contributed by atoms with Crippen molar-refractivity contribution in [2.45, 2.75) is 33.9 Å². The van der Waals surface area contributed by atoms with Gasteiger partial charge in [0.1, 0.15) is 0 Å². The van der Waals surface area contributed by atoms with Gasteiger partial charge in [-0.05, 0) is 50.7 Å². The smallest absolute Gasteiger partial charge is 0.173 e. The molecule has 140 valence electrons. The van der Waals surface area contributed by atoms with Gasteiger partial charge in [0.05, 0.1) is 6.20 Å². The lowest BCUT2D eigenvalue weighted by Crippen LogP contribution is -2.49. The molecule has 0 atom stereocenters. The maximum atomic E-state index is 6.19. The van der Waals surface area contributed by atoms with E-state index in [0.29, 0.717) is 0 Å². The number of piperazine rings is 1. The third-order valence-electron chi connectivity index (χ3n) is 4.98. The van der Waals surface area contributed by atoms with E-state index in [9.17, 15) is 0 Å². The van der Waals surface area contributed by atoms with Crippen LogP contribution in [-0.2, 0) is 13.1 Å². The number of halogens is 1. The first-order chi connectivity index (χ1) is 12.5. The molecule has 1 fully saturated rings. The highest BCUT2D eigenvalue weighted by molar-refractivity contribution is 7.80. The second-order valence-corrected chi connectivity index (χ2v) is 7.52. The fraction of sp³-hybridized carbons (Fsp3) is 0.474. The summed E-state index contributed by atoms with van der Waals surface area (Å²) < 4.78 is 2.05. The Morgan fingerprint density at radius 2 is 1.96 bits per heavy atom. The summed E-state index contributed by atoms with van der Waals surface area (Å²) in [7, 11) is 0. The van der Waals surface area contributed by atoms with Gasteiger partial charge in [-0.1, -0.05) is 17.7 Å². The lowest BCUT2D eigenvalue weighted by Gasteiger charge is -2.36. The Bertz CT molecular complexity index is 780. The zero-order chi connectivity index (χ0) is 18.7. The molecule has 1 aromatic heterocycles. The molecule has 0 unspecified atom stereocenters. The monoisotopic (exact) mass is 391 g/mol. The van der Waals surface area contributed by atoms with Crippen molar-refractivity contribution in [2.75, 3.05) is 31.5 Å². The number of rotatable bonds is 4. The first-order valence-corrected chi connectivity index (χ1v) is 9.82. The normalized spacial score (nSPS) is 15.3. The third kappa shape index (κ3) is 4.37. The summed E-state index contributed by atoms with van der Waals surface area (Å²) in [5, 5.41) is 9.26. The van der Waals surface area contributed by atoms with Crippen LogP contribution in [-0.4, -0.2) is 50.9 Å². The third-order valence-corrected chi connectivity index (χ3v) is 5.75. The average molecular weight is 392 g/mol. The fourth-order valence-corrected chi connectivity index (χ4v) is 3.66. The van der Waals surface area contributed by atoms with Crippen molar-refractivity contribution in [2.24, 2.45) is 0 Å². The number of benzene rings is 1. The van der Waals surface area contributed by atoms with Crippen LogP contribution in [0.25, 0.3) is 0 Å². The molecule has 0 saturated carbocycles. The summed E-state index contributed by atoms with van der Waals surface area (Å²) in [6.07, 6.45) is 2.00. The number of hydrogen-bond acceptors (Lipinski definition) is 3. The SMILES string of the molecule is CCn1ncc(CN2CCN(C(=S)Nc3ccc(C)c(Cl)c3)CC2)c1C. The molecule has 2 heterocycles. The summed E-state index contributed by atoms with van der Waals surface area (Å²) in [6, 6.07) is 5.94. The molecule has 0 amide bonds. The second kappa shape index (κ2) is 8.37. The summed E-state index contributed by atoms with van der Waals surface area (Å²) in [4.78, 5) is 4.69. The standard InChI is InChI=1S/C19H26ClN5S/c1-4-25-15(3)16(12-21-25)13-23-7-9-24(10-8-23)19(26)22-17-6-5-14(2)18(20)11-17/h5-6,11-12H,4,7-10,13H2,1-3H3,(H,22,26). The van der Waals surface area contributed by atoms with E-state index < -0.39 is 0 Å². The van der Waals surface area contributed by atoms with Gasteiger partial charge in [0.15, 0.2) is 5.11 Å². The average Bonchev–Trinajstić information content (AvgIpc) is 2.98. The molecule has 0 bridgehead atoms. The van der Waals surface area contributed by atoms with E-state index in [1.54, 1.807) is 0 Å². The minimum absolute atomic E-state index is 0.755. The van der Waals surface area contributed by atoms with Crippen LogP contribution in [0.3, 0.4) is 0 Å². The summed E-state index contributed by atoms with van der Waals surface area (Å²) in [6.45, 7) is 12.0. The Morgan fingerprint density at radius 1 is 1.23 bits per heavy atom. The lowest BCUT2D eigenvalue weighted by atomic mass is 10.2. The number of hydrogen-bond donors (Lipinski definition) is 1. The molecule has 26 heavy (non-hydrogen) atoms. The highest BCUT2D eigenvalue weighted by Crippen LogP contribution is 2.20. The molecule has 5 nitrogen and oxygen atoms in total. The van der Waals surface area contributed by atoms with Gasteiger partial charge in [-0.25, -0.2) is 0 Å². The van der Waals surface area contributed by atoms with Crippen LogP contribution >= 0.6 is 23.8 Å². The predicted octanol–water partition coefficient (Wildman–Crippen LogP) is 3.69. The van der Waals surface area contributed by atoms with Crippen LogP contribution in [0.1, 0.15) is 23.7 Å². The quantitative estimate of drug-likeness (QED) is 0.804.